The first-order chi connectivity index (χ1) is 6.34. The lowest BCUT2D eigenvalue weighted by atomic mass is 10.3. The van der Waals surface area contributed by atoms with Crippen LogP contribution in [0.25, 0.3) is 0 Å². The predicted molar refractivity (Wildman–Crippen MR) is 51.9 cm³/mol. The molecule has 0 saturated carbocycles. The zero-order valence-electron chi connectivity index (χ0n) is 7.81. The van der Waals surface area contributed by atoms with Gasteiger partial charge in [-0.05, 0) is 11.5 Å². The van der Waals surface area contributed by atoms with Gasteiger partial charge in [0, 0.05) is 12.1 Å². The maximum atomic E-state index is 11.3. The molecule has 1 aromatic carbocycles. The molecule has 0 fully saturated rings. The number of hydrogen-bond donors (Lipinski definition) is 0. The quantitative estimate of drug-likeness (QED) is 0.302. The monoisotopic (exact) mass is 178 g/mol. The Morgan fingerprint density at radius 3 is 2.62 bits per heavy atom. The van der Waals surface area contributed by atoms with Gasteiger partial charge in [0.2, 0.25) is 5.69 Å². The fourth-order valence-electron chi connectivity index (χ4n) is 0.957. The Bertz CT molecular complexity index is 270. The highest BCUT2D eigenvalue weighted by atomic mass is 16.5. The summed E-state index contributed by atoms with van der Waals surface area (Å²) in [4.78, 5) is 0.690. The van der Waals surface area contributed by atoms with Crippen molar-refractivity contribution in [2.24, 2.45) is 5.11 Å². The third-order valence-corrected chi connectivity index (χ3v) is 1.72. The molecule has 0 N–H and O–H groups in total. The molecule has 3 heteroatoms. The topological polar surface area (TPSA) is 38.4 Å². The highest BCUT2D eigenvalue weighted by Gasteiger charge is 1.98. The van der Waals surface area contributed by atoms with E-state index in [-0.39, 0.29) is 0 Å². The zero-order chi connectivity index (χ0) is 9.52. The molecule has 1 rings (SSSR count). The van der Waals surface area contributed by atoms with Crippen LogP contribution in [0, 0.1) is 5.21 Å². The molecule has 3 nitrogen and oxygen atoms in total. The number of hydrogen-bond acceptors (Lipinski definition) is 2. The van der Waals surface area contributed by atoms with Gasteiger partial charge in [0.1, 0.15) is 6.54 Å². The van der Waals surface area contributed by atoms with Crippen molar-refractivity contribution in [2.75, 3.05) is 6.54 Å². The number of para-hydroxylation sites is 1. The zero-order valence-corrected chi connectivity index (χ0v) is 7.81. The molecule has 0 atom stereocenters. The Kier molecular flexibility index (Phi) is 3.96. The minimum atomic E-state index is 0.596. The average Bonchev–Trinajstić information content (AvgIpc) is 2.19. The van der Waals surface area contributed by atoms with Gasteiger partial charge in [0.25, 0.3) is 0 Å². The summed E-state index contributed by atoms with van der Waals surface area (Å²) in [7, 11) is 0. The fraction of sp³-hybridized carbons (Fsp3) is 0.400. The summed E-state index contributed by atoms with van der Waals surface area (Å²) in [6.45, 7) is 2.68. The van der Waals surface area contributed by atoms with Gasteiger partial charge >= 0.3 is 0 Å². The van der Waals surface area contributed by atoms with E-state index in [1.165, 1.54) is 0 Å². The Labute approximate surface area is 78.3 Å². The Morgan fingerprint density at radius 2 is 2.00 bits per heavy atom. The molecule has 0 radical (unpaired) electrons. The van der Waals surface area contributed by atoms with Gasteiger partial charge in [0.15, 0.2) is 0 Å². The van der Waals surface area contributed by atoms with Gasteiger partial charge in [-0.3, -0.25) is 0 Å². The maximum Gasteiger partial charge on any atom is 0.244 e. The molecule has 70 valence electrons. The number of unbranched alkanes of at least 4 members (excludes halogenated alkanes) is 1. The molecular weight excluding hydrogens is 164 g/mol. The van der Waals surface area contributed by atoms with Crippen LogP contribution in [0.1, 0.15) is 19.8 Å². The van der Waals surface area contributed by atoms with Gasteiger partial charge < -0.3 is 5.21 Å². The van der Waals surface area contributed by atoms with Crippen LogP contribution in [0.5, 0.6) is 0 Å². The van der Waals surface area contributed by atoms with E-state index in [1.807, 2.05) is 18.2 Å². The summed E-state index contributed by atoms with van der Waals surface area (Å²) in [5, 5.41) is 15.1. The van der Waals surface area contributed by atoms with Crippen molar-refractivity contribution in [2.45, 2.75) is 19.8 Å². The van der Waals surface area contributed by atoms with Crippen molar-refractivity contribution in [3.05, 3.63) is 35.5 Å². The van der Waals surface area contributed by atoms with Gasteiger partial charge in [-0.15, -0.1) is 0 Å². The van der Waals surface area contributed by atoms with Crippen LogP contribution >= 0.6 is 0 Å². The number of azo groups is 1. The first-order valence-corrected chi connectivity index (χ1v) is 4.54. The summed E-state index contributed by atoms with van der Waals surface area (Å²) >= 11 is 0. The second-order valence-electron chi connectivity index (χ2n) is 2.83. The first kappa shape index (κ1) is 9.71. The summed E-state index contributed by atoms with van der Waals surface area (Å²) in [5.74, 6) is 0. The predicted octanol–water partition coefficient (Wildman–Crippen LogP) is 3.08. The van der Waals surface area contributed by atoms with Crippen molar-refractivity contribution in [1.29, 1.82) is 0 Å². The van der Waals surface area contributed by atoms with Crippen LogP contribution in [-0.2, 0) is 0 Å². The van der Waals surface area contributed by atoms with E-state index >= 15 is 0 Å². The molecule has 0 unspecified atom stereocenters. The smallest absolute Gasteiger partial charge is 0.244 e. The minimum absolute atomic E-state index is 0.596. The fourth-order valence-corrected chi connectivity index (χ4v) is 0.957. The average molecular weight is 178 g/mol. The van der Waals surface area contributed by atoms with Gasteiger partial charge in [-0.2, -0.15) is 0 Å². The van der Waals surface area contributed by atoms with E-state index in [2.05, 4.69) is 12.0 Å². The van der Waals surface area contributed by atoms with Gasteiger partial charge in [-0.1, -0.05) is 36.4 Å². The lowest BCUT2D eigenvalue weighted by Gasteiger charge is -1.98. The molecule has 0 aliphatic rings. The molecule has 0 aliphatic carbocycles. The Balaban J connectivity index is 2.57. The first-order valence-electron chi connectivity index (χ1n) is 4.54. The molecule has 0 saturated heterocycles. The van der Waals surface area contributed by atoms with Crippen molar-refractivity contribution < 1.29 is 4.86 Å². The molecule has 0 aromatic heterocycles. The molecule has 0 amide bonds. The number of benzene rings is 1. The maximum absolute atomic E-state index is 11.3. The van der Waals surface area contributed by atoms with Crippen LogP contribution in [0.2, 0.25) is 0 Å². The molecule has 13 heavy (non-hydrogen) atoms. The van der Waals surface area contributed by atoms with Crippen molar-refractivity contribution in [1.82, 2.24) is 0 Å². The van der Waals surface area contributed by atoms with Gasteiger partial charge in [0.05, 0.1) is 0 Å². The third kappa shape index (κ3) is 3.23. The minimum Gasteiger partial charge on any atom is -0.594 e. The lowest BCUT2D eigenvalue weighted by Crippen LogP contribution is -1.93. The lowest BCUT2D eigenvalue weighted by molar-refractivity contribution is -0.442. The SMILES string of the molecule is CCCC/N=[N+](\[O-])c1ccccc1. The highest BCUT2D eigenvalue weighted by molar-refractivity contribution is 5.27. The van der Waals surface area contributed by atoms with E-state index in [1.54, 1.807) is 12.1 Å². The number of rotatable bonds is 4. The van der Waals surface area contributed by atoms with Crippen LogP contribution in [0.4, 0.5) is 5.69 Å². The van der Waals surface area contributed by atoms with E-state index in [4.69, 9.17) is 0 Å². The molecular formula is C10H14N2O. The second-order valence-corrected chi connectivity index (χ2v) is 2.83. The van der Waals surface area contributed by atoms with Crippen LogP contribution in [0.15, 0.2) is 35.4 Å². The molecule has 0 spiro atoms. The highest BCUT2D eigenvalue weighted by Crippen LogP contribution is 2.09. The van der Waals surface area contributed by atoms with Gasteiger partial charge in [-0.25, -0.2) is 0 Å². The van der Waals surface area contributed by atoms with E-state index in [9.17, 15) is 5.21 Å². The van der Waals surface area contributed by atoms with Crippen molar-refractivity contribution >= 4 is 5.69 Å². The molecule has 0 heterocycles. The standard InChI is InChI=1S/C10H14N2O/c1-2-3-9-11-12(13)10-7-5-4-6-8-10/h4-8H,2-3,9H2,1H3/b12-11-. The summed E-state index contributed by atoms with van der Waals surface area (Å²) in [5.41, 5.74) is 0.596. The van der Waals surface area contributed by atoms with E-state index < -0.39 is 0 Å². The Hall–Kier alpha value is -1.38. The molecule has 0 aliphatic heterocycles. The summed E-state index contributed by atoms with van der Waals surface area (Å²) < 4.78 is 0. The summed E-state index contributed by atoms with van der Waals surface area (Å²) in [6.07, 6.45) is 2.03. The number of nitrogens with zero attached hydrogens (tertiary/aromatic N) is 2. The molecule has 1 aromatic rings. The Morgan fingerprint density at radius 1 is 1.31 bits per heavy atom. The molecule has 0 bridgehead atoms. The summed E-state index contributed by atoms with van der Waals surface area (Å²) in [6, 6.07) is 9.04. The van der Waals surface area contributed by atoms with Crippen molar-refractivity contribution in [3.63, 3.8) is 0 Å². The second kappa shape index (κ2) is 5.30. The third-order valence-electron chi connectivity index (χ3n) is 1.72. The van der Waals surface area contributed by atoms with E-state index in [0.717, 1.165) is 12.8 Å². The van der Waals surface area contributed by atoms with Crippen molar-refractivity contribution in [3.8, 4) is 0 Å². The van der Waals surface area contributed by atoms with Crippen LogP contribution in [0.3, 0.4) is 0 Å². The normalized spacial score (nSPS) is 11.6. The van der Waals surface area contributed by atoms with Crippen LogP contribution < -0.4 is 0 Å². The van der Waals surface area contributed by atoms with E-state index in [0.29, 0.717) is 17.1 Å². The largest absolute Gasteiger partial charge is 0.594 e. The van der Waals surface area contributed by atoms with Crippen LogP contribution in [-0.4, -0.2) is 11.4 Å².